The summed E-state index contributed by atoms with van der Waals surface area (Å²) in [6.45, 7) is 0.978. The molecule has 0 aliphatic carbocycles. The van der Waals surface area contributed by atoms with Crippen LogP contribution in [-0.4, -0.2) is 54.7 Å². The number of rotatable bonds is 3. The van der Waals surface area contributed by atoms with E-state index in [0.717, 1.165) is 10.9 Å². The molecule has 4 rings (SSSR count). The molecule has 0 bridgehead atoms. The molecule has 1 aliphatic rings. The van der Waals surface area contributed by atoms with Crippen LogP contribution in [-0.2, 0) is 10.0 Å². The van der Waals surface area contributed by atoms with Crippen molar-refractivity contribution in [2.75, 3.05) is 26.2 Å². The number of halogens is 2. The molecule has 28 heavy (non-hydrogen) atoms. The number of fused-ring (bicyclic) bond motifs is 1. The van der Waals surface area contributed by atoms with E-state index in [2.05, 4.69) is 4.98 Å². The van der Waals surface area contributed by atoms with E-state index in [1.54, 1.807) is 11.0 Å². The van der Waals surface area contributed by atoms with Crippen LogP contribution >= 0.6 is 23.2 Å². The van der Waals surface area contributed by atoms with E-state index < -0.39 is 10.0 Å². The van der Waals surface area contributed by atoms with E-state index in [1.165, 1.54) is 16.4 Å². The minimum Gasteiger partial charge on any atom is -0.351 e. The second-order valence-electron chi connectivity index (χ2n) is 6.54. The van der Waals surface area contributed by atoms with Gasteiger partial charge in [-0.05, 0) is 30.3 Å². The van der Waals surface area contributed by atoms with Crippen LogP contribution in [0, 0.1) is 0 Å². The zero-order chi connectivity index (χ0) is 19.9. The van der Waals surface area contributed by atoms with Gasteiger partial charge in [-0.15, -0.1) is 0 Å². The number of para-hydroxylation sites is 1. The highest BCUT2D eigenvalue weighted by atomic mass is 35.5. The Balaban J connectivity index is 1.49. The van der Waals surface area contributed by atoms with E-state index in [-0.39, 0.29) is 28.9 Å². The van der Waals surface area contributed by atoms with Crippen molar-refractivity contribution in [2.24, 2.45) is 0 Å². The van der Waals surface area contributed by atoms with Crippen molar-refractivity contribution in [2.45, 2.75) is 4.90 Å². The highest BCUT2D eigenvalue weighted by molar-refractivity contribution is 7.89. The molecule has 0 radical (unpaired) electrons. The molecule has 146 valence electrons. The first-order chi connectivity index (χ1) is 13.4. The fraction of sp³-hybridized carbons (Fsp3) is 0.211. The van der Waals surface area contributed by atoms with E-state index in [4.69, 9.17) is 23.2 Å². The zero-order valence-corrected chi connectivity index (χ0v) is 17.1. The molecule has 2 aromatic carbocycles. The second kappa shape index (κ2) is 7.40. The molecule has 9 heteroatoms. The Hall–Kier alpha value is -2.06. The number of piperazine rings is 1. The molecule has 3 aromatic rings. The lowest BCUT2D eigenvalue weighted by molar-refractivity contribution is 0.0693. The Bertz CT molecular complexity index is 1120. The summed E-state index contributed by atoms with van der Waals surface area (Å²) in [5.74, 6) is -0.144. The lowest BCUT2D eigenvalue weighted by atomic mass is 10.2. The van der Waals surface area contributed by atoms with Crippen molar-refractivity contribution in [1.29, 1.82) is 0 Å². The van der Waals surface area contributed by atoms with Gasteiger partial charge in [0.25, 0.3) is 5.91 Å². The highest BCUT2D eigenvalue weighted by Crippen LogP contribution is 2.28. The van der Waals surface area contributed by atoms with Crippen molar-refractivity contribution in [3.63, 3.8) is 0 Å². The number of H-pyrrole nitrogens is 1. The molecular formula is C19H17Cl2N3O3S. The molecule has 0 unspecified atom stereocenters. The van der Waals surface area contributed by atoms with Crippen LogP contribution in [0.1, 0.15) is 10.5 Å². The largest absolute Gasteiger partial charge is 0.351 e. The number of nitrogens with zero attached hydrogens (tertiary/aromatic N) is 2. The number of nitrogens with one attached hydrogen (secondary N) is 1. The lowest BCUT2D eigenvalue weighted by Crippen LogP contribution is -2.50. The van der Waals surface area contributed by atoms with Gasteiger partial charge in [0.15, 0.2) is 0 Å². The molecule has 1 saturated heterocycles. The standard InChI is InChI=1S/C19H17Cl2N3O3S/c20-14-5-6-15(21)18(12-14)28(26,27)24-9-7-23(8-10-24)19(25)17-11-13-3-1-2-4-16(13)22-17/h1-6,11-12,22H,7-10H2. The van der Waals surface area contributed by atoms with E-state index in [9.17, 15) is 13.2 Å². The second-order valence-corrected chi connectivity index (χ2v) is 9.29. The van der Waals surface area contributed by atoms with Gasteiger partial charge in [0, 0.05) is 42.1 Å². The summed E-state index contributed by atoms with van der Waals surface area (Å²) < 4.78 is 27.1. The number of carbonyl (C=O) groups is 1. The van der Waals surface area contributed by atoms with Crippen molar-refractivity contribution >= 4 is 50.0 Å². The number of amides is 1. The van der Waals surface area contributed by atoms with Crippen LogP contribution in [0.2, 0.25) is 10.0 Å². The number of hydrogen-bond donors (Lipinski definition) is 1. The number of aromatic nitrogens is 1. The van der Waals surface area contributed by atoms with Gasteiger partial charge in [-0.2, -0.15) is 4.31 Å². The molecule has 2 heterocycles. The highest BCUT2D eigenvalue weighted by Gasteiger charge is 2.32. The molecule has 0 saturated carbocycles. The zero-order valence-electron chi connectivity index (χ0n) is 14.7. The third-order valence-electron chi connectivity index (χ3n) is 4.80. The Kier molecular flexibility index (Phi) is 5.09. The van der Waals surface area contributed by atoms with Gasteiger partial charge < -0.3 is 9.88 Å². The minimum atomic E-state index is -3.78. The monoisotopic (exact) mass is 437 g/mol. The van der Waals surface area contributed by atoms with Crippen LogP contribution in [0.4, 0.5) is 0 Å². The molecule has 0 spiro atoms. The molecule has 1 aromatic heterocycles. The summed E-state index contributed by atoms with van der Waals surface area (Å²) in [6.07, 6.45) is 0. The number of benzene rings is 2. The van der Waals surface area contributed by atoms with Gasteiger partial charge in [-0.1, -0.05) is 41.4 Å². The van der Waals surface area contributed by atoms with Gasteiger partial charge in [0.1, 0.15) is 10.6 Å². The predicted octanol–water partition coefficient (Wildman–Crippen LogP) is 3.62. The van der Waals surface area contributed by atoms with Gasteiger partial charge in [0.2, 0.25) is 10.0 Å². The first kappa shape index (κ1) is 19.3. The minimum absolute atomic E-state index is 0.0166. The first-order valence-corrected chi connectivity index (χ1v) is 10.9. The average molecular weight is 438 g/mol. The van der Waals surface area contributed by atoms with Gasteiger partial charge in [0.05, 0.1) is 5.02 Å². The number of sulfonamides is 1. The summed E-state index contributed by atoms with van der Waals surface area (Å²) in [6, 6.07) is 13.8. The van der Waals surface area contributed by atoms with Crippen molar-refractivity contribution in [3.05, 3.63) is 64.3 Å². The normalized spacial score (nSPS) is 15.9. The topological polar surface area (TPSA) is 73.5 Å². The Labute approximate surface area is 172 Å². The van der Waals surface area contributed by atoms with Gasteiger partial charge in [-0.25, -0.2) is 8.42 Å². The van der Waals surface area contributed by atoms with Crippen molar-refractivity contribution in [1.82, 2.24) is 14.2 Å². The Morgan fingerprint density at radius 3 is 2.39 bits per heavy atom. The van der Waals surface area contributed by atoms with Crippen LogP contribution in [0.25, 0.3) is 10.9 Å². The maximum atomic E-state index is 12.9. The van der Waals surface area contributed by atoms with Crippen LogP contribution in [0.15, 0.2) is 53.4 Å². The Morgan fingerprint density at radius 1 is 0.964 bits per heavy atom. The molecular weight excluding hydrogens is 421 g/mol. The third kappa shape index (κ3) is 3.51. The molecule has 1 aliphatic heterocycles. The van der Waals surface area contributed by atoms with E-state index in [0.29, 0.717) is 23.8 Å². The third-order valence-corrected chi connectivity index (χ3v) is 7.41. The predicted molar refractivity (Wildman–Crippen MR) is 109 cm³/mol. The van der Waals surface area contributed by atoms with E-state index >= 15 is 0 Å². The molecule has 1 amide bonds. The van der Waals surface area contributed by atoms with Gasteiger partial charge in [-0.3, -0.25) is 4.79 Å². The summed E-state index contributed by atoms with van der Waals surface area (Å²) in [7, 11) is -3.78. The van der Waals surface area contributed by atoms with Crippen molar-refractivity contribution < 1.29 is 13.2 Å². The first-order valence-electron chi connectivity index (χ1n) is 8.68. The molecule has 6 nitrogen and oxygen atoms in total. The summed E-state index contributed by atoms with van der Waals surface area (Å²) >= 11 is 12.0. The molecule has 1 fully saturated rings. The number of hydrogen-bond acceptors (Lipinski definition) is 3. The maximum absolute atomic E-state index is 12.9. The summed E-state index contributed by atoms with van der Waals surface area (Å²) in [4.78, 5) is 17.5. The maximum Gasteiger partial charge on any atom is 0.270 e. The van der Waals surface area contributed by atoms with Crippen molar-refractivity contribution in [3.8, 4) is 0 Å². The number of aromatic amines is 1. The smallest absolute Gasteiger partial charge is 0.270 e. The van der Waals surface area contributed by atoms with Crippen LogP contribution in [0.5, 0.6) is 0 Å². The fourth-order valence-corrected chi connectivity index (χ4v) is 5.46. The SMILES string of the molecule is O=C(c1cc2ccccc2[nH]1)N1CCN(S(=O)(=O)c2cc(Cl)ccc2Cl)CC1. The average Bonchev–Trinajstić information content (AvgIpc) is 3.13. The van der Waals surface area contributed by atoms with Crippen LogP contribution < -0.4 is 0 Å². The molecule has 0 atom stereocenters. The summed E-state index contributed by atoms with van der Waals surface area (Å²) in [5, 5.41) is 1.39. The lowest BCUT2D eigenvalue weighted by Gasteiger charge is -2.34. The van der Waals surface area contributed by atoms with Gasteiger partial charge >= 0.3 is 0 Å². The number of carbonyl (C=O) groups excluding carboxylic acids is 1. The molecule has 1 N–H and O–H groups in total. The summed E-state index contributed by atoms with van der Waals surface area (Å²) in [5.41, 5.74) is 1.39. The fourth-order valence-electron chi connectivity index (χ4n) is 3.30. The Morgan fingerprint density at radius 2 is 1.68 bits per heavy atom. The van der Waals surface area contributed by atoms with E-state index in [1.807, 2.05) is 30.3 Å². The quantitative estimate of drug-likeness (QED) is 0.679. The van der Waals surface area contributed by atoms with Crippen LogP contribution in [0.3, 0.4) is 0 Å².